The average molecular weight is 487 g/mol. The molecule has 0 bridgehead atoms. The quantitative estimate of drug-likeness (QED) is 0.504. The van der Waals surface area contributed by atoms with E-state index in [0.717, 1.165) is 32.9 Å². The Kier molecular flexibility index (Phi) is 8.19. The van der Waals surface area contributed by atoms with Crippen LogP contribution in [-0.2, 0) is 35.3 Å². The third kappa shape index (κ3) is 4.93. The molecular weight excluding hydrogens is 470 g/mol. The Labute approximate surface area is 194 Å². The first-order valence-electron chi connectivity index (χ1n) is 8.99. The van der Waals surface area contributed by atoms with E-state index in [1.54, 1.807) is 18.3 Å². The number of pyridine rings is 1. The second-order valence-corrected chi connectivity index (χ2v) is 7.53. The maximum absolute atomic E-state index is 13.4. The summed E-state index contributed by atoms with van der Waals surface area (Å²) in [7, 11) is 0. The number of allylic oxidation sites excluding steroid dienone is 2. The van der Waals surface area contributed by atoms with E-state index in [2.05, 4.69) is 27.3 Å². The molecule has 1 aromatic heterocycles. The van der Waals surface area contributed by atoms with Crippen LogP contribution in [0.4, 0.5) is 13.2 Å². The van der Waals surface area contributed by atoms with Crippen LogP contribution in [0, 0.1) is 0 Å². The number of hydrogen-bond acceptors (Lipinski definition) is 1. The fourth-order valence-electron chi connectivity index (χ4n) is 3.81. The summed E-state index contributed by atoms with van der Waals surface area (Å²) in [5, 5.41) is 0. The van der Waals surface area contributed by atoms with Crippen molar-refractivity contribution < 1.29 is 54.3 Å². The first kappa shape index (κ1) is 24.5. The van der Waals surface area contributed by atoms with Crippen LogP contribution in [0.25, 0.3) is 5.57 Å². The largest absolute Gasteiger partial charge is 1.00 e. The van der Waals surface area contributed by atoms with Crippen molar-refractivity contribution in [2.24, 2.45) is 0 Å². The first-order valence-corrected chi connectivity index (χ1v) is 9.63. The van der Waals surface area contributed by atoms with Gasteiger partial charge in [-0.3, -0.25) is 0 Å². The maximum atomic E-state index is 13.4. The summed E-state index contributed by atoms with van der Waals surface area (Å²) >= 11 is 3.16. The van der Waals surface area contributed by atoms with E-state index >= 15 is 0 Å². The van der Waals surface area contributed by atoms with Crippen LogP contribution in [0.5, 0.6) is 0 Å². The molecule has 30 heavy (non-hydrogen) atoms. The minimum Gasteiger partial charge on any atom is -1.00 e. The first-order chi connectivity index (χ1) is 13.4. The third-order valence-corrected chi connectivity index (χ3v) is 5.93. The number of hydrogen-bond donors (Lipinski definition) is 0. The molecule has 1 heterocycles. The van der Waals surface area contributed by atoms with Gasteiger partial charge < -0.3 is 24.8 Å². The summed E-state index contributed by atoms with van der Waals surface area (Å²) in [6.07, 6.45) is -1.64. The number of alkyl halides is 3. The molecule has 4 rings (SSSR count). The van der Waals surface area contributed by atoms with Crippen molar-refractivity contribution in [1.29, 1.82) is 0 Å². The van der Waals surface area contributed by atoms with E-state index in [9.17, 15) is 13.2 Å². The zero-order valence-electron chi connectivity index (χ0n) is 15.7. The molecule has 3 aromatic rings. The van der Waals surface area contributed by atoms with Gasteiger partial charge in [-0.05, 0) is 0 Å². The smallest absolute Gasteiger partial charge is 1.00 e. The molecule has 0 N–H and O–H groups in total. The summed E-state index contributed by atoms with van der Waals surface area (Å²) in [5.74, 6) is 0.0825. The standard InChI is InChI=1S/C23H17F3N.2ClH.Cr/c24-23(25,26)22-11-4-1-7-16(22)13-17-14-18(15-19-8-5-6-12-27-19)21-10-3-2-9-20(17)21;;;/h1-12,18H,13,15H2;2*1H;/q;;;+2/p-2. The van der Waals surface area contributed by atoms with Gasteiger partial charge in [-0.15, -0.1) is 0 Å². The molecule has 1 nitrogen and oxygen atoms in total. The van der Waals surface area contributed by atoms with Crippen LogP contribution < -0.4 is 24.8 Å². The van der Waals surface area contributed by atoms with Crippen molar-refractivity contribution in [3.8, 4) is 0 Å². The summed E-state index contributed by atoms with van der Waals surface area (Å²) in [4.78, 5) is 4.42. The summed E-state index contributed by atoms with van der Waals surface area (Å²) in [6.45, 7) is 0. The van der Waals surface area contributed by atoms with Gasteiger partial charge in [0, 0.05) is 0 Å². The van der Waals surface area contributed by atoms with Gasteiger partial charge in [0.15, 0.2) is 0 Å². The molecule has 0 fully saturated rings. The zero-order chi connectivity index (χ0) is 19.7. The number of halogens is 5. The van der Waals surface area contributed by atoms with Crippen LogP contribution in [-0.4, -0.2) is 4.98 Å². The van der Waals surface area contributed by atoms with Gasteiger partial charge in [0.25, 0.3) is 0 Å². The molecular formula is C23H17Cl2CrF3N. The molecule has 1 aliphatic carbocycles. The van der Waals surface area contributed by atoms with Crippen molar-refractivity contribution >= 4 is 5.57 Å². The van der Waals surface area contributed by atoms with E-state index in [1.165, 1.54) is 6.07 Å². The monoisotopic (exact) mass is 486 g/mol. The third-order valence-electron chi connectivity index (χ3n) is 5.10. The molecule has 0 aliphatic heterocycles. The van der Waals surface area contributed by atoms with E-state index in [0.29, 0.717) is 12.0 Å². The van der Waals surface area contributed by atoms with Crippen LogP contribution in [0.3, 0.4) is 0 Å². The maximum Gasteiger partial charge on any atom is -1.00 e. The molecule has 1 unspecified atom stereocenters. The Morgan fingerprint density at radius 2 is 1.53 bits per heavy atom. The summed E-state index contributed by atoms with van der Waals surface area (Å²) in [6, 6.07) is 19.6. The van der Waals surface area contributed by atoms with Crippen LogP contribution in [0.1, 0.15) is 33.9 Å². The molecule has 0 spiro atoms. The SMILES string of the molecule is FC(F)(F)c1ccccc1CC1=[C]([Cr+2])C(Cc2ccccn2)c2ccccc21.[Cl-].[Cl-]. The number of aromatic nitrogens is 1. The Balaban J connectivity index is 0.00000160. The Bertz CT molecular complexity index is 1040. The Morgan fingerprint density at radius 1 is 0.867 bits per heavy atom. The summed E-state index contributed by atoms with van der Waals surface area (Å²) in [5.41, 5.74) is 3.79. The predicted octanol–water partition coefficient (Wildman–Crippen LogP) is -0.0511. The van der Waals surface area contributed by atoms with Gasteiger partial charge in [0.05, 0.1) is 0 Å². The molecule has 0 saturated carbocycles. The van der Waals surface area contributed by atoms with Gasteiger partial charge in [-0.1, -0.05) is 0 Å². The van der Waals surface area contributed by atoms with Gasteiger partial charge in [0.1, 0.15) is 0 Å². The van der Waals surface area contributed by atoms with Gasteiger partial charge >= 0.3 is 170 Å². The molecule has 2 aromatic carbocycles. The van der Waals surface area contributed by atoms with Crippen LogP contribution >= 0.6 is 0 Å². The molecule has 0 saturated heterocycles. The van der Waals surface area contributed by atoms with Crippen molar-refractivity contribution in [2.75, 3.05) is 0 Å². The van der Waals surface area contributed by atoms with E-state index in [-0.39, 0.29) is 37.2 Å². The Hall–Kier alpha value is -1.77. The van der Waals surface area contributed by atoms with E-state index in [4.69, 9.17) is 0 Å². The van der Waals surface area contributed by atoms with E-state index in [1.807, 2.05) is 36.4 Å². The van der Waals surface area contributed by atoms with E-state index < -0.39 is 11.7 Å². The van der Waals surface area contributed by atoms with Crippen LogP contribution in [0.15, 0.2) is 77.4 Å². The zero-order valence-corrected chi connectivity index (χ0v) is 18.5. The summed E-state index contributed by atoms with van der Waals surface area (Å²) < 4.78 is 41.3. The molecule has 7 heteroatoms. The number of nitrogens with zero attached hydrogens (tertiary/aromatic N) is 1. The van der Waals surface area contributed by atoms with Crippen molar-refractivity contribution in [2.45, 2.75) is 24.9 Å². The average Bonchev–Trinajstić information content (AvgIpc) is 2.94. The van der Waals surface area contributed by atoms with Crippen molar-refractivity contribution in [3.05, 3.63) is 105 Å². The molecule has 0 radical (unpaired) electrons. The fourth-order valence-corrected chi connectivity index (χ4v) is 4.43. The Morgan fingerprint density at radius 3 is 2.23 bits per heavy atom. The van der Waals surface area contributed by atoms with Gasteiger partial charge in [-0.2, -0.15) is 0 Å². The second kappa shape index (κ2) is 10.0. The number of fused-ring (bicyclic) bond motifs is 1. The minimum atomic E-state index is -4.36. The van der Waals surface area contributed by atoms with Crippen molar-refractivity contribution in [1.82, 2.24) is 4.98 Å². The molecule has 1 aliphatic rings. The van der Waals surface area contributed by atoms with Crippen LogP contribution in [0.2, 0.25) is 0 Å². The minimum absolute atomic E-state index is 0. The predicted molar refractivity (Wildman–Crippen MR) is 99.2 cm³/mol. The molecule has 1 atom stereocenters. The van der Waals surface area contributed by atoms with Crippen molar-refractivity contribution in [3.63, 3.8) is 0 Å². The number of benzene rings is 2. The topological polar surface area (TPSA) is 12.9 Å². The van der Waals surface area contributed by atoms with Gasteiger partial charge in [-0.25, -0.2) is 0 Å². The number of rotatable bonds is 4. The van der Waals surface area contributed by atoms with Gasteiger partial charge in [0.2, 0.25) is 0 Å². The molecule has 155 valence electrons. The second-order valence-electron chi connectivity index (χ2n) is 6.84. The normalized spacial score (nSPS) is 15.2. The fraction of sp³-hybridized carbons (Fsp3) is 0.174. The molecule has 0 amide bonds.